The minimum Gasteiger partial charge on any atom is -0.480 e. The molecule has 0 aliphatic carbocycles. The van der Waals surface area contributed by atoms with Crippen molar-refractivity contribution in [1.29, 1.82) is 0 Å². The van der Waals surface area contributed by atoms with Crippen LogP contribution in [0.25, 0.3) is 0 Å². The van der Waals surface area contributed by atoms with Gasteiger partial charge in [-0.05, 0) is 47.5 Å². The molecule has 2 unspecified atom stereocenters. The fourth-order valence-corrected chi connectivity index (χ4v) is 2.30. The van der Waals surface area contributed by atoms with Gasteiger partial charge in [0.25, 0.3) is 0 Å². The van der Waals surface area contributed by atoms with Crippen molar-refractivity contribution >= 4 is 5.97 Å². The van der Waals surface area contributed by atoms with Gasteiger partial charge in [0.05, 0.1) is 0 Å². The normalized spacial score (nSPS) is 25.8. The van der Waals surface area contributed by atoms with Crippen molar-refractivity contribution in [3.05, 3.63) is 0 Å². The van der Waals surface area contributed by atoms with Crippen molar-refractivity contribution in [1.82, 2.24) is 15.1 Å². The zero-order valence-corrected chi connectivity index (χ0v) is 11.4. The van der Waals surface area contributed by atoms with Crippen LogP contribution >= 0.6 is 0 Å². The van der Waals surface area contributed by atoms with Gasteiger partial charge in [0.1, 0.15) is 5.54 Å². The van der Waals surface area contributed by atoms with E-state index in [1.807, 2.05) is 0 Å². The van der Waals surface area contributed by atoms with E-state index in [4.69, 9.17) is 0 Å². The van der Waals surface area contributed by atoms with Gasteiger partial charge in [-0.1, -0.05) is 0 Å². The summed E-state index contributed by atoms with van der Waals surface area (Å²) in [4.78, 5) is 15.7. The van der Waals surface area contributed by atoms with E-state index in [2.05, 4.69) is 29.2 Å². The Morgan fingerprint density at radius 2 is 2.24 bits per heavy atom. The molecule has 1 saturated heterocycles. The zero-order chi connectivity index (χ0) is 13.1. The van der Waals surface area contributed by atoms with E-state index in [1.54, 1.807) is 14.0 Å². The molecule has 1 aliphatic rings. The zero-order valence-electron chi connectivity index (χ0n) is 11.4. The fourth-order valence-electron chi connectivity index (χ4n) is 2.30. The molecule has 1 fully saturated rings. The van der Waals surface area contributed by atoms with E-state index in [-0.39, 0.29) is 0 Å². The van der Waals surface area contributed by atoms with Crippen LogP contribution in [0.3, 0.4) is 0 Å². The predicted molar refractivity (Wildman–Crippen MR) is 68.2 cm³/mol. The van der Waals surface area contributed by atoms with E-state index in [0.717, 1.165) is 19.5 Å². The smallest absolute Gasteiger partial charge is 0.324 e. The molecule has 0 spiro atoms. The molecule has 100 valence electrons. The van der Waals surface area contributed by atoms with Gasteiger partial charge in [-0.2, -0.15) is 0 Å². The van der Waals surface area contributed by atoms with Crippen molar-refractivity contribution in [2.45, 2.75) is 31.3 Å². The van der Waals surface area contributed by atoms with Crippen LogP contribution in [0.5, 0.6) is 0 Å². The Hall–Kier alpha value is -0.650. The molecule has 2 atom stereocenters. The maximum absolute atomic E-state index is 11.2. The molecule has 0 aromatic heterocycles. The molecule has 1 heterocycles. The second-order valence-corrected chi connectivity index (χ2v) is 5.38. The predicted octanol–water partition coefficient (Wildman–Crippen LogP) is 0.0751. The molecule has 0 aromatic rings. The molecule has 1 aliphatic heterocycles. The summed E-state index contributed by atoms with van der Waals surface area (Å²) >= 11 is 0. The van der Waals surface area contributed by atoms with Gasteiger partial charge in [0, 0.05) is 19.1 Å². The number of carboxylic acid groups (broad SMARTS) is 1. The summed E-state index contributed by atoms with van der Waals surface area (Å²) in [7, 11) is 5.88. The highest BCUT2D eigenvalue weighted by molar-refractivity contribution is 5.78. The second-order valence-electron chi connectivity index (χ2n) is 5.38. The van der Waals surface area contributed by atoms with E-state index >= 15 is 0 Å². The maximum atomic E-state index is 11.2. The van der Waals surface area contributed by atoms with Crippen molar-refractivity contribution in [2.75, 3.05) is 40.8 Å². The molecule has 17 heavy (non-hydrogen) atoms. The van der Waals surface area contributed by atoms with Gasteiger partial charge >= 0.3 is 5.97 Å². The summed E-state index contributed by atoms with van der Waals surface area (Å²) in [5.74, 6) is -0.785. The highest BCUT2D eigenvalue weighted by Gasteiger charge is 2.35. The van der Waals surface area contributed by atoms with Crippen molar-refractivity contribution in [3.8, 4) is 0 Å². The second kappa shape index (κ2) is 5.80. The first-order chi connectivity index (χ1) is 7.89. The number of carboxylic acids is 1. The third-order valence-electron chi connectivity index (χ3n) is 3.77. The van der Waals surface area contributed by atoms with Gasteiger partial charge in [-0.15, -0.1) is 0 Å². The third-order valence-corrected chi connectivity index (χ3v) is 3.77. The quantitative estimate of drug-likeness (QED) is 0.716. The van der Waals surface area contributed by atoms with Crippen LogP contribution in [-0.4, -0.2) is 73.2 Å². The van der Waals surface area contributed by atoms with Crippen LogP contribution in [0.15, 0.2) is 0 Å². The molecule has 5 nitrogen and oxygen atoms in total. The summed E-state index contributed by atoms with van der Waals surface area (Å²) in [6.07, 6.45) is 2.34. The molecular formula is C12H25N3O2. The number of piperidine rings is 1. The first kappa shape index (κ1) is 14.4. The van der Waals surface area contributed by atoms with Gasteiger partial charge in [-0.25, -0.2) is 0 Å². The topological polar surface area (TPSA) is 55.8 Å². The first-order valence-electron chi connectivity index (χ1n) is 6.20. The largest absolute Gasteiger partial charge is 0.480 e. The van der Waals surface area contributed by atoms with E-state index < -0.39 is 11.5 Å². The fraction of sp³-hybridized carbons (Fsp3) is 0.917. The number of hydrogen-bond donors (Lipinski definition) is 2. The van der Waals surface area contributed by atoms with E-state index in [9.17, 15) is 9.90 Å². The Kier molecular flexibility index (Phi) is 4.91. The van der Waals surface area contributed by atoms with Crippen LogP contribution in [0, 0.1) is 0 Å². The lowest BCUT2D eigenvalue weighted by molar-refractivity contribution is -0.145. The number of hydrogen-bond acceptors (Lipinski definition) is 4. The number of carbonyl (C=O) groups is 1. The Labute approximate surface area is 104 Å². The highest BCUT2D eigenvalue weighted by Crippen LogP contribution is 2.16. The minimum absolute atomic E-state index is 0.540. The average Bonchev–Trinajstić information content (AvgIpc) is 2.29. The van der Waals surface area contributed by atoms with Gasteiger partial charge < -0.3 is 15.3 Å². The van der Waals surface area contributed by atoms with Crippen LogP contribution in [0.4, 0.5) is 0 Å². The molecule has 0 aromatic carbocycles. The Morgan fingerprint density at radius 3 is 2.71 bits per heavy atom. The number of likely N-dealkylation sites (tertiary alicyclic amines) is 1. The van der Waals surface area contributed by atoms with Gasteiger partial charge in [-0.3, -0.25) is 9.69 Å². The average molecular weight is 243 g/mol. The molecule has 0 bridgehead atoms. The summed E-state index contributed by atoms with van der Waals surface area (Å²) < 4.78 is 0. The lowest BCUT2D eigenvalue weighted by Crippen LogP contribution is -2.58. The van der Waals surface area contributed by atoms with Gasteiger partial charge in [0.15, 0.2) is 0 Å². The molecule has 0 saturated carbocycles. The molecular weight excluding hydrogens is 218 g/mol. The number of nitrogens with zero attached hydrogens (tertiary/aromatic N) is 2. The molecule has 0 amide bonds. The van der Waals surface area contributed by atoms with Crippen molar-refractivity contribution in [2.24, 2.45) is 0 Å². The standard InChI is InChI=1S/C12H25N3O2/c1-12(13-2,11(16)17)9-15-7-5-6-10(8-15)14(3)4/h10,13H,5-9H2,1-4H3,(H,16,17). The summed E-state index contributed by atoms with van der Waals surface area (Å²) in [5, 5.41) is 12.2. The molecule has 5 heteroatoms. The molecule has 1 rings (SSSR count). The number of aliphatic carboxylic acids is 1. The lowest BCUT2D eigenvalue weighted by Gasteiger charge is -2.39. The Bertz CT molecular complexity index is 270. The van der Waals surface area contributed by atoms with E-state index in [1.165, 1.54) is 6.42 Å². The third kappa shape index (κ3) is 3.66. The van der Waals surface area contributed by atoms with Gasteiger partial charge in [0.2, 0.25) is 0 Å². The Morgan fingerprint density at radius 1 is 1.59 bits per heavy atom. The molecule has 0 radical (unpaired) electrons. The number of likely N-dealkylation sites (N-methyl/N-ethyl adjacent to an activating group) is 2. The monoisotopic (exact) mass is 243 g/mol. The molecule has 2 N–H and O–H groups in total. The van der Waals surface area contributed by atoms with E-state index in [0.29, 0.717) is 12.6 Å². The SMILES string of the molecule is CNC(C)(CN1CCCC(N(C)C)C1)C(=O)O. The number of rotatable bonds is 5. The van der Waals surface area contributed by atoms with Crippen LogP contribution in [0.2, 0.25) is 0 Å². The first-order valence-corrected chi connectivity index (χ1v) is 6.20. The maximum Gasteiger partial charge on any atom is 0.324 e. The summed E-state index contributed by atoms with van der Waals surface area (Å²) in [6.45, 7) is 4.25. The lowest BCUT2D eigenvalue weighted by atomic mass is 9.98. The summed E-state index contributed by atoms with van der Waals surface area (Å²) in [5.41, 5.74) is -0.853. The van der Waals surface area contributed by atoms with Crippen LogP contribution in [-0.2, 0) is 4.79 Å². The van der Waals surface area contributed by atoms with Crippen molar-refractivity contribution in [3.63, 3.8) is 0 Å². The highest BCUT2D eigenvalue weighted by atomic mass is 16.4. The van der Waals surface area contributed by atoms with Crippen LogP contribution < -0.4 is 5.32 Å². The summed E-state index contributed by atoms with van der Waals surface area (Å²) in [6, 6.07) is 0.540. The number of nitrogens with one attached hydrogen (secondary N) is 1. The minimum atomic E-state index is -0.853. The van der Waals surface area contributed by atoms with Crippen LogP contribution in [0.1, 0.15) is 19.8 Å². The Balaban J connectivity index is 2.59. The van der Waals surface area contributed by atoms with Crippen molar-refractivity contribution < 1.29 is 9.90 Å².